The molecule has 44 valence electrons. The van der Waals surface area contributed by atoms with Crippen LogP contribution < -0.4 is 22.1 Å². The Morgan fingerprint density at radius 3 is 2.57 bits per heavy atom. The Morgan fingerprint density at radius 1 is 1.43 bits per heavy atom. The molecule has 0 unspecified atom stereocenters. The van der Waals surface area contributed by atoms with E-state index in [1.807, 2.05) is 6.92 Å². The highest BCUT2D eigenvalue weighted by atomic mass is 15.4. The second-order valence-corrected chi connectivity index (χ2v) is 1.09. The van der Waals surface area contributed by atoms with Gasteiger partial charge in [0.15, 0.2) is 0 Å². The Bertz CT molecular complexity index is 26.1. The molecule has 0 saturated heterocycles. The zero-order valence-electron chi connectivity index (χ0n) is 4.49. The van der Waals surface area contributed by atoms with Gasteiger partial charge in [0.05, 0.1) is 6.67 Å². The molecule has 4 heteroatoms. The van der Waals surface area contributed by atoms with Gasteiger partial charge < -0.3 is 0 Å². The molecule has 0 aliphatic rings. The Balaban J connectivity index is 2.45. The first-order valence-corrected chi connectivity index (χ1v) is 2.31. The monoisotopic (exact) mass is 104 g/mol. The lowest BCUT2D eigenvalue weighted by Crippen LogP contribution is -2.41. The van der Waals surface area contributed by atoms with Crippen LogP contribution >= 0.6 is 0 Å². The van der Waals surface area contributed by atoms with E-state index in [4.69, 9.17) is 5.84 Å². The van der Waals surface area contributed by atoms with Crippen molar-refractivity contribution in [2.45, 2.75) is 6.92 Å². The van der Waals surface area contributed by atoms with Crippen molar-refractivity contribution in [2.24, 2.45) is 5.84 Å². The highest BCUT2D eigenvalue weighted by Gasteiger charge is 1.72. The van der Waals surface area contributed by atoms with Gasteiger partial charge in [0.25, 0.3) is 0 Å². The third kappa shape index (κ3) is 5.84. The molecule has 0 aromatic heterocycles. The highest BCUT2D eigenvalue weighted by Crippen LogP contribution is 1.41. The fourth-order valence-electron chi connectivity index (χ4n) is 0.239. The molecule has 0 spiro atoms. The maximum absolute atomic E-state index is 4.92. The molecule has 5 N–H and O–H groups in total. The van der Waals surface area contributed by atoms with E-state index in [1.54, 1.807) is 0 Å². The van der Waals surface area contributed by atoms with Crippen molar-refractivity contribution in [3.63, 3.8) is 0 Å². The molecule has 0 rings (SSSR count). The van der Waals surface area contributed by atoms with Gasteiger partial charge in [-0.2, -0.15) is 0 Å². The summed E-state index contributed by atoms with van der Waals surface area (Å²) in [6.07, 6.45) is 0. The standard InChI is InChI=1S/C3H12N4/c1-2-6-7-3-5-4/h5-7H,2-4H2,1H3. The fourth-order valence-corrected chi connectivity index (χ4v) is 0.239. The summed E-state index contributed by atoms with van der Waals surface area (Å²) in [6, 6.07) is 0. The van der Waals surface area contributed by atoms with Gasteiger partial charge in [0, 0.05) is 6.54 Å². The lowest BCUT2D eigenvalue weighted by atomic mass is 10.8. The zero-order chi connectivity index (χ0) is 5.54. The molecule has 0 aliphatic heterocycles. The van der Waals surface area contributed by atoms with Crippen LogP contribution in [0.4, 0.5) is 0 Å². The van der Waals surface area contributed by atoms with Crippen LogP contribution in [0.5, 0.6) is 0 Å². The molecule has 0 aliphatic carbocycles. The third-order valence-electron chi connectivity index (χ3n) is 0.492. The van der Waals surface area contributed by atoms with E-state index in [1.165, 1.54) is 0 Å². The van der Waals surface area contributed by atoms with Gasteiger partial charge in [0.1, 0.15) is 0 Å². The van der Waals surface area contributed by atoms with E-state index >= 15 is 0 Å². The Morgan fingerprint density at radius 2 is 2.14 bits per heavy atom. The van der Waals surface area contributed by atoms with Crippen LogP contribution in [-0.4, -0.2) is 13.2 Å². The molecule has 0 aromatic carbocycles. The van der Waals surface area contributed by atoms with Gasteiger partial charge in [-0.15, -0.1) is 0 Å². The Kier molecular flexibility index (Phi) is 5.71. The lowest BCUT2D eigenvalue weighted by Gasteiger charge is -2.00. The maximum atomic E-state index is 4.92. The minimum atomic E-state index is 0.591. The summed E-state index contributed by atoms with van der Waals surface area (Å²) in [6.45, 7) is 3.50. The summed E-state index contributed by atoms with van der Waals surface area (Å²) in [5.74, 6) is 4.92. The molecule has 0 fully saturated rings. The van der Waals surface area contributed by atoms with Crippen molar-refractivity contribution in [1.29, 1.82) is 0 Å². The molecule has 0 heterocycles. The molecule has 0 saturated carbocycles. The molecule has 0 aromatic rings. The summed E-state index contributed by atoms with van der Waals surface area (Å²) >= 11 is 0. The number of nitrogens with one attached hydrogen (secondary N) is 3. The predicted molar refractivity (Wildman–Crippen MR) is 29.0 cm³/mol. The van der Waals surface area contributed by atoms with Crippen LogP contribution in [0.3, 0.4) is 0 Å². The maximum Gasteiger partial charge on any atom is 0.0718 e. The van der Waals surface area contributed by atoms with Crippen LogP contribution in [0, 0.1) is 0 Å². The summed E-state index contributed by atoms with van der Waals surface area (Å²) in [5.41, 5.74) is 8.08. The van der Waals surface area contributed by atoms with E-state index in [9.17, 15) is 0 Å². The van der Waals surface area contributed by atoms with Crippen molar-refractivity contribution in [3.8, 4) is 0 Å². The Hall–Kier alpha value is -0.160. The number of hydrazine groups is 2. The first kappa shape index (κ1) is 6.84. The average molecular weight is 104 g/mol. The molecule has 4 nitrogen and oxygen atoms in total. The molecular formula is C3H12N4. The number of rotatable bonds is 4. The van der Waals surface area contributed by atoms with Gasteiger partial charge in [-0.1, -0.05) is 6.92 Å². The molecule has 0 amide bonds. The topological polar surface area (TPSA) is 62.1 Å². The van der Waals surface area contributed by atoms with Gasteiger partial charge >= 0.3 is 0 Å². The van der Waals surface area contributed by atoms with Gasteiger partial charge in [0.2, 0.25) is 0 Å². The average Bonchev–Trinajstić information content (AvgIpc) is 1.69. The number of hydrogen-bond acceptors (Lipinski definition) is 4. The minimum absolute atomic E-state index is 0.591. The highest BCUT2D eigenvalue weighted by molar-refractivity contribution is 4.27. The SMILES string of the molecule is CCNNCNN. The van der Waals surface area contributed by atoms with Gasteiger partial charge in [-0.3, -0.25) is 11.3 Å². The normalized spacial score (nSPS) is 9.43. The first-order valence-electron chi connectivity index (χ1n) is 2.31. The third-order valence-corrected chi connectivity index (χ3v) is 0.492. The van der Waals surface area contributed by atoms with Crippen molar-refractivity contribution in [3.05, 3.63) is 0 Å². The molecule has 0 atom stereocenters. The molecule has 0 bridgehead atoms. The van der Waals surface area contributed by atoms with Gasteiger partial charge in [-0.05, 0) is 0 Å². The first-order chi connectivity index (χ1) is 3.41. The largest absolute Gasteiger partial charge is 0.270 e. The second-order valence-electron chi connectivity index (χ2n) is 1.09. The van der Waals surface area contributed by atoms with Crippen molar-refractivity contribution >= 4 is 0 Å². The van der Waals surface area contributed by atoms with E-state index in [-0.39, 0.29) is 0 Å². The van der Waals surface area contributed by atoms with Crippen molar-refractivity contribution in [1.82, 2.24) is 16.3 Å². The number of nitrogens with two attached hydrogens (primary N) is 1. The smallest absolute Gasteiger partial charge is 0.0718 e. The summed E-state index contributed by atoms with van der Waals surface area (Å²) in [5, 5.41) is 0. The summed E-state index contributed by atoms with van der Waals surface area (Å²) in [7, 11) is 0. The second kappa shape index (κ2) is 5.84. The van der Waals surface area contributed by atoms with Crippen LogP contribution in [0.25, 0.3) is 0 Å². The molecular weight excluding hydrogens is 92.1 g/mol. The van der Waals surface area contributed by atoms with Crippen LogP contribution in [0.2, 0.25) is 0 Å². The van der Waals surface area contributed by atoms with E-state index in [2.05, 4.69) is 16.3 Å². The van der Waals surface area contributed by atoms with Crippen LogP contribution in [0.15, 0.2) is 0 Å². The van der Waals surface area contributed by atoms with Crippen LogP contribution in [-0.2, 0) is 0 Å². The number of hydrogen-bond donors (Lipinski definition) is 4. The molecule has 7 heavy (non-hydrogen) atoms. The van der Waals surface area contributed by atoms with Crippen molar-refractivity contribution in [2.75, 3.05) is 13.2 Å². The lowest BCUT2D eigenvalue weighted by molar-refractivity contribution is 0.508. The Labute approximate surface area is 43.4 Å². The van der Waals surface area contributed by atoms with E-state index in [0.717, 1.165) is 6.54 Å². The van der Waals surface area contributed by atoms with Crippen molar-refractivity contribution < 1.29 is 0 Å². The van der Waals surface area contributed by atoms with Gasteiger partial charge in [-0.25, -0.2) is 10.9 Å². The fraction of sp³-hybridized carbons (Fsp3) is 1.00. The quantitative estimate of drug-likeness (QED) is 0.152. The molecule has 0 radical (unpaired) electrons. The zero-order valence-corrected chi connectivity index (χ0v) is 4.49. The van der Waals surface area contributed by atoms with E-state index in [0.29, 0.717) is 6.67 Å². The minimum Gasteiger partial charge on any atom is -0.270 e. The predicted octanol–water partition coefficient (Wildman–Crippen LogP) is -1.48. The summed E-state index contributed by atoms with van der Waals surface area (Å²) in [4.78, 5) is 0. The van der Waals surface area contributed by atoms with E-state index < -0.39 is 0 Å². The summed E-state index contributed by atoms with van der Waals surface area (Å²) < 4.78 is 0. The van der Waals surface area contributed by atoms with Crippen LogP contribution in [0.1, 0.15) is 6.92 Å².